The molecule has 144 valence electrons. The van der Waals surface area contributed by atoms with E-state index in [-0.39, 0.29) is 0 Å². The van der Waals surface area contributed by atoms with Crippen LogP contribution < -0.4 is 0 Å². The smallest absolute Gasteiger partial charge is 0.159 e. The zero-order valence-corrected chi connectivity index (χ0v) is 16.3. The first-order valence-corrected chi connectivity index (χ1v) is 10.2. The Labute approximate surface area is 162 Å². The van der Waals surface area contributed by atoms with Gasteiger partial charge in [-0.15, -0.1) is 0 Å². The molecule has 1 aromatic heterocycles. The van der Waals surface area contributed by atoms with Crippen LogP contribution >= 0.6 is 0 Å². The molecule has 5 heteroatoms. The van der Waals surface area contributed by atoms with E-state index in [0.717, 1.165) is 50.8 Å². The average molecular weight is 367 g/mol. The predicted octanol–water partition coefficient (Wildman–Crippen LogP) is 3.14. The van der Waals surface area contributed by atoms with E-state index in [4.69, 9.17) is 4.74 Å². The fourth-order valence-electron chi connectivity index (χ4n) is 4.19. The Kier molecular flexibility index (Phi) is 6.12. The minimum Gasteiger partial charge on any atom is -0.379 e. The van der Waals surface area contributed by atoms with Gasteiger partial charge >= 0.3 is 0 Å². The van der Waals surface area contributed by atoms with E-state index >= 15 is 0 Å². The highest BCUT2D eigenvalue weighted by molar-refractivity contribution is 5.59. The van der Waals surface area contributed by atoms with Crippen LogP contribution in [0.1, 0.15) is 30.4 Å². The minimum absolute atomic E-state index is 0.632. The van der Waals surface area contributed by atoms with Gasteiger partial charge in [0.05, 0.1) is 13.2 Å². The Morgan fingerprint density at radius 2 is 1.81 bits per heavy atom. The molecule has 3 heterocycles. The van der Waals surface area contributed by atoms with E-state index in [2.05, 4.69) is 44.9 Å². The fourth-order valence-corrected chi connectivity index (χ4v) is 4.19. The van der Waals surface area contributed by atoms with Gasteiger partial charge in [-0.2, -0.15) is 0 Å². The third kappa shape index (κ3) is 4.72. The molecular formula is C22H30N4O. The lowest BCUT2D eigenvalue weighted by atomic mass is 10.0. The van der Waals surface area contributed by atoms with Crippen LogP contribution in [0.15, 0.2) is 36.7 Å². The molecule has 0 N–H and O–H groups in total. The third-order valence-corrected chi connectivity index (χ3v) is 5.80. The van der Waals surface area contributed by atoms with Gasteiger partial charge in [-0.3, -0.25) is 9.80 Å². The van der Waals surface area contributed by atoms with Gasteiger partial charge in [0.2, 0.25) is 0 Å². The topological polar surface area (TPSA) is 41.5 Å². The number of benzene rings is 1. The molecule has 5 nitrogen and oxygen atoms in total. The number of rotatable bonds is 5. The zero-order chi connectivity index (χ0) is 18.5. The lowest BCUT2D eigenvalue weighted by Crippen LogP contribution is -2.49. The molecule has 2 aliphatic rings. The first kappa shape index (κ1) is 18.5. The summed E-state index contributed by atoms with van der Waals surface area (Å²) < 4.78 is 5.50. The number of aryl methyl sites for hydroxylation is 1. The van der Waals surface area contributed by atoms with Gasteiger partial charge in [-0.25, -0.2) is 9.97 Å². The van der Waals surface area contributed by atoms with Crippen LogP contribution in [0.5, 0.6) is 0 Å². The Morgan fingerprint density at radius 1 is 1.04 bits per heavy atom. The van der Waals surface area contributed by atoms with Crippen molar-refractivity contribution in [3.05, 3.63) is 47.8 Å². The number of piperidine rings is 1. The molecule has 0 radical (unpaired) electrons. The first-order valence-electron chi connectivity index (χ1n) is 10.2. The van der Waals surface area contributed by atoms with Gasteiger partial charge in [-0.1, -0.05) is 30.7 Å². The Hall–Kier alpha value is -1.82. The van der Waals surface area contributed by atoms with E-state index in [9.17, 15) is 0 Å². The molecule has 4 rings (SSSR count). The highest BCUT2D eigenvalue weighted by atomic mass is 16.5. The van der Waals surface area contributed by atoms with Crippen LogP contribution in [0.3, 0.4) is 0 Å². The first-order chi connectivity index (χ1) is 13.3. The van der Waals surface area contributed by atoms with Crippen molar-refractivity contribution >= 4 is 0 Å². The summed E-state index contributed by atoms with van der Waals surface area (Å²) in [6.07, 6.45) is 7.94. The van der Waals surface area contributed by atoms with E-state index in [0.29, 0.717) is 6.04 Å². The molecule has 2 fully saturated rings. The molecular weight excluding hydrogens is 336 g/mol. The summed E-state index contributed by atoms with van der Waals surface area (Å²) in [5, 5.41) is 0. The molecule has 27 heavy (non-hydrogen) atoms. The van der Waals surface area contributed by atoms with Crippen LogP contribution in [0, 0.1) is 6.92 Å². The molecule has 0 spiro atoms. The maximum Gasteiger partial charge on any atom is 0.159 e. The van der Waals surface area contributed by atoms with Crippen molar-refractivity contribution < 1.29 is 4.74 Å². The van der Waals surface area contributed by atoms with Gasteiger partial charge in [0, 0.05) is 55.7 Å². The van der Waals surface area contributed by atoms with Crippen LogP contribution in [0.2, 0.25) is 0 Å². The number of aromatic nitrogens is 2. The standard InChI is InChI=1S/C22H30N4O/c1-18-6-2-3-8-21(18)22-23-14-19(15-24-22)16-26-9-5-4-7-20(26)17-25-10-12-27-13-11-25/h2-3,6,8,14-15,20H,4-5,7,9-13,16-17H2,1H3. The van der Waals surface area contributed by atoms with Crippen molar-refractivity contribution in [2.24, 2.45) is 0 Å². The number of hydrogen-bond donors (Lipinski definition) is 0. The van der Waals surface area contributed by atoms with Crippen LogP contribution in [0.4, 0.5) is 0 Å². The maximum atomic E-state index is 5.50. The number of nitrogens with zero attached hydrogens (tertiary/aromatic N) is 4. The fraction of sp³-hybridized carbons (Fsp3) is 0.545. The maximum absolute atomic E-state index is 5.50. The molecule has 1 aromatic carbocycles. The highest BCUT2D eigenvalue weighted by Gasteiger charge is 2.25. The summed E-state index contributed by atoms with van der Waals surface area (Å²) in [5.74, 6) is 0.820. The number of hydrogen-bond acceptors (Lipinski definition) is 5. The summed E-state index contributed by atoms with van der Waals surface area (Å²) in [7, 11) is 0. The monoisotopic (exact) mass is 366 g/mol. The normalized spacial score (nSPS) is 22.0. The van der Waals surface area contributed by atoms with Crippen molar-refractivity contribution in [3.63, 3.8) is 0 Å². The van der Waals surface area contributed by atoms with E-state index in [1.54, 1.807) is 0 Å². The molecule has 2 saturated heterocycles. The second kappa shape index (κ2) is 8.91. The molecule has 1 unspecified atom stereocenters. The van der Waals surface area contributed by atoms with Gasteiger partial charge in [0.1, 0.15) is 0 Å². The minimum atomic E-state index is 0.632. The SMILES string of the molecule is Cc1ccccc1-c1ncc(CN2CCCCC2CN2CCOCC2)cn1. The molecule has 0 bridgehead atoms. The lowest BCUT2D eigenvalue weighted by Gasteiger charge is -2.39. The average Bonchev–Trinajstić information content (AvgIpc) is 2.71. The van der Waals surface area contributed by atoms with Crippen LogP contribution in [-0.2, 0) is 11.3 Å². The lowest BCUT2D eigenvalue weighted by molar-refractivity contribution is 0.0153. The zero-order valence-electron chi connectivity index (χ0n) is 16.3. The van der Waals surface area contributed by atoms with Crippen LogP contribution in [0.25, 0.3) is 11.4 Å². The summed E-state index contributed by atoms with van der Waals surface area (Å²) in [6.45, 7) is 9.28. The summed E-state index contributed by atoms with van der Waals surface area (Å²) in [6, 6.07) is 8.93. The number of morpholine rings is 1. The molecule has 0 saturated carbocycles. The number of ether oxygens (including phenoxy) is 1. The van der Waals surface area contributed by atoms with Gasteiger partial charge in [-0.05, 0) is 31.9 Å². The Morgan fingerprint density at radius 3 is 2.59 bits per heavy atom. The molecule has 0 amide bonds. The Balaban J connectivity index is 1.41. The van der Waals surface area contributed by atoms with Crippen molar-refractivity contribution in [1.82, 2.24) is 19.8 Å². The van der Waals surface area contributed by atoms with Gasteiger partial charge < -0.3 is 4.74 Å². The highest BCUT2D eigenvalue weighted by Crippen LogP contribution is 2.22. The molecule has 0 aliphatic carbocycles. The van der Waals surface area contributed by atoms with Crippen molar-refractivity contribution in [1.29, 1.82) is 0 Å². The van der Waals surface area contributed by atoms with Crippen molar-refractivity contribution in [2.45, 2.75) is 38.8 Å². The summed E-state index contributed by atoms with van der Waals surface area (Å²) in [4.78, 5) is 14.5. The van der Waals surface area contributed by atoms with Crippen LogP contribution in [-0.4, -0.2) is 65.2 Å². The quantitative estimate of drug-likeness (QED) is 0.813. The third-order valence-electron chi connectivity index (χ3n) is 5.80. The van der Waals surface area contributed by atoms with E-state index in [1.165, 1.54) is 36.9 Å². The molecule has 2 aromatic rings. The Bertz CT molecular complexity index is 727. The van der Waals surface area contributed by atoms with Gasteiger partial charge in [0.25, 0.3) is 0 Å². The number of likely N-dealkylation sites (tertiary alicyclic amines) is 1. The van der Waals surface area contributed by atoms with E-state index < -0.39 is 0 Å². The van der Waals surface area contributed by atoms with Crippen molar-refractivity contribution in [2.75, 3.05) is 39.4 Å². The largest absolute Gasteiger partial charge is 0.379 e. The van der Waals surface area contributed by atoms with E-state index in [1.807, 2.05) is 18.5 Å². The van der Waals surface area contributed by atoms with Gasteiger partial charge in [0.15, 0.2) is 5.82 Å². The van der Waals surface area contributed by atoms with Crippen molar-refractivity contribution in [3.8, 4) is 11.4 Å². The second-order valence-electron chi connectivity index (χ2n) is 7.76. The predicted molar refractivity (Wildman–Crippen MR) is 108 cm³/mol. The summed E-state index contributed by atoms with van der Waals surface area (Å²) in [5.41, 5.74) is 3.54. The second-order valence-corrected chi connectivity index (χ2v) is 7.76. The molecule has 2 aliphatic heterocycles. The molecule has 1 atom stereocenters. The summed E-state index contributed by atoms with van der Waals surface area (Å²) >= 11 is 0.